The maximum Gasteiger partial charge on any atom is 0.229 e. The fourth-order valence-corrected chi connectivity index (χ4v) is 9.35. The minimum absolute atomic E-state index is 0.0550. The van der Waals surface area contributed by atoms with Crippen molar-refractivity contribution >= 4 is 5.78 Å². The number of carbonyl (C=O) groups excluding carboxylic acids is 1. The van der Waals surface area contributed by atoms with Crippen molar-refractivity contribution in [3.8, 4) is 0 Å². The standard InChI is InChI=1S/C31H43NO5/c1-18-25-20(17-32(36)37)14-23-29(5,21(25)15-22(34)26(18)35)11-13-31(7)24-16-28(4,19(2)33)9-8-27(24,3)10-12-30(23,31)6/h14-15,22,24,34-35H,8-13,16-17H2,1-7H3/t22?,24-,27-,28-,29+,30-,31+/m1/s1. The molecule has 0 aromatic carbocycles. The summed E-state index contributed by atoms with van der Waals surface area (Å²) in [5, 5.41) is 33.1. The first kappa shape index (κ1) is 26.4. The van der Waals surface area contributed by atoms with Crippen LogP contribution in [0.2, 0.25) is 0 Å². The summed E-state index contributed by atoms with van der Waals surface area (Å²) in [7, 11) is 0. The number of hydrogen-bond donors (Lipinski definition) is 2. The van der Waals surface area contributed by atoms with E-state index < -0.39 is 6.10 Å². The second-order valence-corrected chi connectivity index (χ2v) is 14.1. The number of allylic oxidation sites excluding steroid dienone is 4. The molecule has 1 unspecified atom stereocenters. The van der Waals surface area contributed by atoms with Crippen LogP contribution in [-0.2, 0) is 4.79 Å². The van der Waals surface area contributed by atoms with Crippen molar-refractivity contribution in [2.75, 3.05) is 6.54 Å². The largest absolute Gasteiger partial charge is 0.509 e. The van der Waals surface area contributed by atoms with Crippen molar-refractivity contribution in [1.29, 1.82) is 0 Å². The number of ketones is 1. The summed E-state index contributed by atoms with van der Waals surface area (Å²) in [6, 6.07) is 0. The maximum atomic E-state index is 12.8. The van der Waals surface area contributed by atoms with E-state index in [4.69, 9.17) is 0 Å². The molecule has 5 aliphatic carbocycles. The Balaban J connectivity index is 1.71. The van der Waals surface area contributed by atoms with Crippen LogP contribution in [0.1, 0.15) is 93.4 Å². The van der Waals surface area contributed by atoms with Crippen molar-refractivity contribution < 1.29 is 19.9 Å². The number of aliphatic hydroxyl groups excluding tert-OH is 2. The molecule has 0 amide bonds. The molecule has 0 bridgehead atoms. The Morgan fingerprint density at radius 2 is 1.73 bits per heavy atom. The lowest BCUT2D eigenvalue weighted by Crippen LogP contribution is -2.62. The van der Waals surface area contributed by atoms with Gasteiger partial charge in [-0.15, -0.1) is 0 Å². The fourth-order valence-electron chi connectivity index (χ4n) is 9.35. The van der Waals surface area contributed by atoms with Crippen LogP contribution in [0, 0.1) is 43.1 Å². The molecule has 6 heteroatoms. The Labute approximate surface area is 220 Å². The van der Waals surface area contributed by atoms with Gasteiger partial charge in [0.15, 0.2) is 0 Å². The average molecular weight is 510 g/mol. The molecule has 0 aromatic rings. The monoisotopic (exact) mass is 509 g/mol. The molecule has 0 aliphatic heterocycles. The molecule has 0 radical (unpaired) electrons. The maximum absolute atomic E-state index is 12.8. The smallest absolute Gasteiger partial charge is 0.229 e. The minimum atomic E-state index is -1.10. The van der Waals surface area contributed by atoms with Crippen LogP contribution in [0.3, 0.4) is 0 Å². The molecule has 3 fully saturated rings. The van der Waals surface area contributed by atoms with E-state index in [1.807, 2.05) is 0 Å². The van der Waals surface area contributed by atoms with Crippen molar-refractivity contribution in [1.82, 2.24) is 0 Å². The van der Waals surface area contributed by atoms with Crippen LogP contribution in [-0.4, -0.2) is 33.6 Å². The van der Waals surface area contributed by atoms with Crippen molar-refractivity contribution in [3.05, 3.63) is 55.9 Å². The first-order valence-electron chi connectivity index (χ1n) is 13.9. The van der Waals surface area contributed by atoms with E-state index >= 15 is 0 Å². The first-order chi connectivity index (χ1) is 17.0. The van der Waals surface area contributed by atoms with Crippen molar-refractivity contribution in [2.45, 2.75) is 99.5 Å². The van der Waals surface area contributed by atoms with E-state index in [0.717, 1.165) is 56.1 Å². The Morgan fingerprint density at radius 1 is 1.08 bits per heavy atom. The second kappa shape index (κ2) is 7.91. The van der Waals surface area contributed by atoms with E-state index in [1.54, 1.807) is 19.9 Å². The Bertz CT molecular complexity index is 1220. The third-order valence-corrected chi connectivity index (χ3v) is 12.3. The van der Waals surface area contributed by atoms with Crippen LogP contribution < -0.4 is 0 Å². The summed E-state index contributed by atoms with van der Waals surface area (Å²) in [6.07, 6.45) is 9.58. The molecule has 37 heavy (non-hydrogen) atoms. The third-order valence-electron chi connectivity index (χ3n) is 12.3. The lowest BCUT2D eigenvalue weighted by molar-refractivity contribution is -0.470. The predicted molar refractivity (Wildman–Crippen MR) is 143 cm³/mol. The fraction of sp³-hybridized carbons (Fsp3) is 0.710. The number of rotatable bonds is 3. The molecule has 0 heterocycles. The number of fused-ring (bicyclic) bond motifs is 7. The predicted octanol–water partition coefficient (Wildman–Crippen LogP) is 6.64. The normalized spacial score (nSPS) is 45.2. The second-order valence-electron chi connectivity index (χ2n) is 14.1. The molecule has 0 saturated heterocycles. The number of nitrogens with zero attached hydrogens (tertiary/aromatic N) is 1. The molecule has 5 rings (SSSR count). The average Bonchev–Trinajstić information content (AvgIpc) is 2.81. The zero-order valence-electron chi connectivity index (χ0n) is 23.5. The molecule has 7 atom stereocenters. The van der Waals surface area contributed by atoms with Crippen molar-refractivity contribution in [3.63, 3.8) is 0 Å². The zero-order chi connectivity index (χ0) is 27.3. The highest BCUT2D eigenvalue weighted by Crippen LogP contribution is 2.75. The van der Waals surface area contributed by atoms with Gasteiger partial charge in [-0.2, -0.15) is 0 Å². The lowest BCUT2D eigenvalue weighted by atomic mass is 9.34. The van der Waals surface area contributed by atoms with E-state index in [0.29, 0.717) is 17.1 Å². The number of aliphatic hydroxyl groups is 2. The summed E-state index contributed by atoms with van der Waals surface area (Å²) in [5.74, 6) is 0.547. The van der Waals surface area contributed by atoms with Crippen molar-refractivity contribution in [2.24, 2.45) is 33.0 Å². The summed E-state index contributed by atoms with van der Waals surface area (Å²) in [4.78, 5) is 24.3. The van der Waals surface area contributed by atoms with Crippen LogP contribution in [0.4, 0.5) is 0 Å². The highest BCUT2D eigenvalue weighted by atomic mass is 16.6. The van der Waals surface area contributed by atoms with Gasteiger partial charge in [0, 0.05) is 21.3 Å². The first-order valence-corrected chi connectivity index (χ1v) is 13.9. The van der Waals surface area contributed by atoms with Gasteiger partial charge in [-0.3, -0.25) is 14.9 Å². The third kappa shape index (κ3) is 3.36. The zero-order valence-corrected chi connectivity index (χ0v) is 23.5. The van der Waals surface area contributed by atoms with Gasteiger partial charge < -0.3 is 10.2 Å². The lowest BCUT2D eigenvalue weighted by Gasteiger charge is -2.70. The van der Waals surface area contributed by atoms with E-state index in [1.165, 1.54) is 5.57 Å². The summed E-state index contributed by atoms with van der Waals surface area (Å²) in [5.41, 5.74) is 3.32. The quantitative estimate of drug-likeness (QED) is 0.328. The molecular weight excluding hydrogens is 466 g/mol. The molecule has 3 saturated carbocycles. The van der Waals surface area contributed by atoms with Crippen LogP contribution in [0.15, 0.2) is 45.8 Å². The summed E-state index contributed by atoms with van der Waals surface area (Å²) >= 11 is 0. The Morgan fingerprint density at radius 3 is 2.35 bits per heavy atom. The molecule has 2 N–H and O–H groups in total. The van der Waals surface area contributed by atoms with E-state index in [-0.39, 0.29) is 50.1 Å². The summed E-state index contributed by atoms with van der Waals surface area (Å²) in [6.45, 7) is 14.8. The van der Waals surface area contributed by atoms with Gasteiger partial charge in [0.25, 0.3) is 0 Å². The molecule has 6 nitrogen and oxygen atoms in total. The molecule has 5 aliphatic rings. The Hall–Kier alpha value is -2.21. The van der Waals surface area contributed by atoms with Gasteiger partial charge >= 0.3 is 0 Å². The van der Waals surface area contributed by atoms with Gasteiger partial charge in [-0.05, 0) is 104 Å². The van der Waals surface area contributed by atoms with E-state index in [2.05, 4.69) is 40.7 Å². The molecule has 0 aromatic heterocycles. The summed E-state index contributed by atoms with van der Waals surface area (Å²) < 4.78 is 0. The van der Waals surface area contributed by atoms with Crippen LogP contribution in [0.5, 0.6) is 0 Å². The number of carbonyl (C=O) groups is 1. The van der Waals surface area contributed by atoms with Gasteiger partial charge in [0.05, 0.1) is 0 Å². The highest BCUT2D eigenvalue weighted by Gasteiger charge is 2.67. The topological polar surface area (TPSA) is 101 Å². The van der Waals surface area contributed by atoms with Crippen LogP contribution >= 0.6 is 0 Å². The molecule has 0 spiro atoms. The molecule has 202 valence electrons. The number of Topliss-reactive ketones (excluding diaryl/α,β-unsaturated/α-hetero) is 1. The van der Waals surface area contributed by atoms with E-state index in [9.17, 15) is 25.1 Å². The minimum Gasteiger partial charge on any atom is -0.509 e. The SMILES string of the molecule is CC(=O)[C@]1(C)CC[C@]2(C)CC[C@]3(C)C4=CC(C[N+](=O)[O-])=C5C(=CC(O)C(O)=C5C)[C@]4(C)CC[C@@]3(C)[C@@H]2C1. The number of nitro groups is 1. The number of hydrogen-bond acceptors (Lipinski definition) is 5. The highest BCUT2D eigenvalue weighted by molar-refractivity contribution is 5.82. The van der Waals surface area contributed by atoms with Gasteiger partial charge in [-0.1, -0.05) is 46.3 Å². The van der Waals surface area contributed by atoms with Gasteiger partial charge in [0.1, 0.15) is 17.6 Å². The van der Waals surface area contributed by atoms with Crippen LogP contribution in [0.25, 0.3) is 0 Å². The Kier molecular flexibility index (Phi) is 5.64. The molecular formula is C31H43NO5. The van der Waals surface area contributed by atoms with Gasteiger partial charge in [-0.25, -0.2) is 0 Å². The van der Waals surface area contributed by atoms with Gasteiger partial charge in [0.2, 0.25) is 6.54 Å².